The molecule has 0 aromatic heterocycles. The summed E-state index contributed by atoms with van der Waals surface area (Å²) < 4.78 is 11.4. The molecule has 2 aromatic carbocycles. The van der Waals surface area contributed by atoms with E-state index in [1.807, 2.05) is 30.3 Å². The predicted octanol–water partition coefficient (Wildman–Crippen LogP) is 5.12. The molecule has 3 heteroatoms. The molecule has 0 amide bonds. The Morgan fingerprint density at radius 3 is 2.43 bits per heavy atom. The molecule has 0 unspecified atom stereocenters. The third kappa shape index (κ3) is 6.23. The molecule has 3 nitrogen and oxygen atoms in total. The Morgan fingerprint density at radius 1 is 0.957 bits per heavy atom. The molecule has 0 saturated heterocycles. The van der Waals surface area contributed by atoms with Crippen LogP contribution in [0.1, 0.15) is 32.8 Å². The summed E-state index contributed by atoms with van der Waals surface area (Å²) >= 11 is 0. The number of benzene rings is 2. The van der Waals surface area contributed by atoms with E-state index >= 15 is 0 Å². The Kier molecular flexibility index (Phi) is 6.79. The lowest BCUT2D eigenvalue weighted by atomic mass is 10.2. The fourth-order valence-corrected chi connectivity index (χ4v) is 2.13. The van der Waals surface area contributed by atoms with Gasteiger partial charge in [-0.15, -0.1) is 0 Å². The first-order valence-electron chi connectivity index (χ1n) is 8.36. The van der Waals surface area contributed by atoms with Crippen molar-refractivity contribution in [3.05, 3.63) is 54.1 Å². The van der Waals surface area contributed by atoms with Gasteiger partial charge in [0, 0.05) is 18.3 Å². The highest BCUT2D eigenvalue weighted by atomic mass is 16.5. The first-order valence-corrected chi connectivity index (χ1v) is 8.36. The quantitative estimate of drug-likeness (QED) is 0.697. The number of anilines is 1. The summed E-state index contributed by atoms with van der Waals surface area (Å²) in [6.45, 7) is 8.66. The van der Waals surface area contributed by atoms with Crippen molar-refractivity contribution >= 4 is 5.69 Å². The standard InChI is InChI=1S/C20H27NO2/c1-4-11-22-20-10-6-8-18(13-20)21-14-17-7-5-9-19(12-17)23-15-16(2)3/h5-10,12-13,16,21H,4,11,14-15H2,1-3H3. The van der Waals surface area contributed by atoms with E-state index in [4.69, 9.17) is 9.47 Å². The van der Waals surface area contributed by atoms with E-state index in [0.29, 0.717) is 5.92 Å². The fraction of sp³-hybridized carbons (Fsp3) is 0.400. The minimum Gasteiger partial charge on any atom is -0.494 e. The predicted molar refractivity (Wildman–Crippen MR) is 96.3 cm³/mol. The zero-order chi connectivity index (χ0) is 16.5. The van der Waals surface area contributed by atoms with Gasteiger partial charge in [0.25, 0.3) is 0 Å². The van der Waals surface area contributed by atoms with Crippen LogP contribution >= 0.6 is 0 Å². The molecule has 1 N–H and O–H groups in total. The lowest BCUT2D eigenvalue weighted by molar-refractivity contribution is 0.271. The molecule has 0 bridgehead atoms. The third-order valence-electron chi connectivity index (χ3n) is 3.29. The Morgan fingerprint density at radius 2 is 1.70 bits per heavy atom. The number of nitrogens with one attached hydrogen (secondary N) is 1. The summed E-state index contributed by atoms with van der Waals surface area (Å²) in [6, 6.07) is 16.3. The summed E-state index contributed by atoms with van der Waals surface area (Å²) in [5.41, 5.74) is 2.26. The van der Waals surface area contributed by atoms with E-state index in [2.05, 4.69) is 44.3 Å². The van der Waals surface area contributed by atoms with Crippen LogP contribution in [0, 0.1) is 5.92 Å². The molecular formula is C20H27NO2. The van der Waals surface area contributed by atoms with Gasteiger partial charge in [-0.1, -0.05) is 39.0 Å². The number of hydrogen-bond donors (Lipinski definition) is 1. The molecular weight excluding hydrogens is 286 g/mol. The van der Waals surface area contributed by atoms with Gasteiger partial charge in [-0.25, -0.2) is 0 Å². The van der Waals surface area contributed by atoms with Gasteiger partial charge in [-0.3, -0.25) is 0 Å². The van der Waals surface area contributed by atoms with E-state index in [1.165, 1.54) is 5.56 Å². The highest BCUT2D eigenvalue weighted by molar-refractivity contribution is 5.48. The molecule has 0 radical (unpaired) electrons. The van der Waals surface area contributed by atoms with Crippen LogP contribution in [-0.2, 0) is 6.54 Å². The third-order valence-corrected chi connectivity index (χ3v) is 3.29. The van der Waals surface area contributed by atoms with Gasteiger partial charge >= 0.3 is 0 Å². The van der Waals surface area contributed by atoms with Gasteiger partial charge in [0.15, 0.2) is 0 Å². The van der Waals surface area contributed by atoms with Crippen LogP contribution in [-0.4, -0.2) is 13.2 Å². The Labute approximate surface area is 139 Å². The van der Waals surface area contributed by atoms with Gasteiger partial charge in [0.1, 0.15) is 11.5 Å². The van der Waals surface area contributed by atoms with Crippen molar-refractivity contribution in [1.82, 2.24) is 0 Å². The SMILES string of the molecule is CCCOc1cccc(NCc2cccc(OCC(C)C)c2)c1. The van der Waals surface area contributed by atoms with E-state index in [-0.39, 0.29) is 0 Å². The summed E-state index contributed by atoms with van der Waals surface area (Å²) in [5.74, 6) is 2.37. The smallest absolute Gasteiger partial charge is 0.121 e. The van der Waals surface area contributed by atoms with Crippen molar-refractivity contribution in [2.24, 2.45) is 5.92 Å². The molecule has 0 aliphatic rings. The average Bonchev–Trinajstić information content (AvgIpc) is 2.57. The van der Waals surface area contributed by atoms with Crippen LogP contribution in [0.2, 0.25) is 0 Å². The van der Waals surface area contributed by atoms with Gasteiger partial charge in [-0.05, 0) is 42.2 Å². The van der Waals surface area contributed by atoms with Crippen molar-refractivity contribution in [2.75, 3.05) is 18.5 Å². The monoisotopic (exact) mass is 313 g/mol. The summed E-state index contributed by atoms with van der Waals surface area (Å²) in [4.78, 5) is 0. The number of ether oxygens (including phenoxy) is 2. The number of hydrogen-bond acceptors (Lipinski definition) is 3. The van der Waals surface area contributed by atoms with Crippen LogP contribution in [0.4, 0.5) is 5.69 Å². The molecule has 0 heterocycles. The molecule has 0 spiro atoms. The Balaban J connectivity index is 1.91. The highest BCUT2D eigenvalue weighted by Gasteiger charge is 2.01. The maximum Gasteiger partial charge on any atom is 0.121 e. The van der Waals surface area contributed by atoms with Crippen molar-refractivity contribution in [1.29, 1.82) is 0 Å². The van der Waals surface area contributed by atoms with Crippen LogP contribution in [0.25, 0.3) is 0 Å². The Hall–Kier alpha value is -2.16. The second-order valence-corrected chi connectivity index (χ2v) is 6.08. The van der Waals surface area contributed by atoms with Crippen molar-refractivity contribution in [3.63, 3.8) is 0 Å². The zero-order valence-electron chi connectivity index (χ0n) is 14.3. The largest absolute Gasteiger partial charge is 0.494 e. The average molecular weight is 313 g/mol. The second-order valence-electron chi connectivity index (χ2n) is 6.08. The molecule has 0 fully saturated rings. The lowest BCUT2D eigenvalue weighted by Gasteiger charge is -2.12. The first-order chi connectivity index (χ1) is 11.2. The maximum atomic E-state index is 5.78. The highest BCUT2D eigenvalue weighted by Crippen LogP contribution is 2.19. The fourth-order valence-electron chi connectivity index (χ4n) is 2.13. The summed E-state index contributed by atoms with van der Waals surface area (Å²) in [6.07, 6.45) is 1.01. The van der Waals surface area contributed by atoms with Crippen LogP contribution < -0.4 is 14.8 Å². The van der Waals surface area contributed by atoms with E-state index in [1.54, 1.807) is 0 Å². The second kappa shape index (κ2) is 9.09. The lowest BCUT2D eigenvalue weighted by Crippen LogP contribution is -2.05. The van der Waals surface area contributed by atoms with E-state index in [0.717, 1.165) is 43.4 Å². The molecule has 23 heavy (non-hydrogen) atoms. The zero-order valence-corrected chi connectivity index (χ0v) is 14.3. The molecule has 0 aliphatic heterocycles. The van der Waals surface area contributed by atoms with Crippen molar-refractivity contribution < 1.29 is 9.47 Å². The van der Waals surface area contributed by atoms with Crippen LogP contribution in [0.3, 0.4) is 0 Å². The minimum absolute atomic E-state index is 0.530. The molecule has 2 aromatic rings. The molecule has 0 aliphatic carbocycles. The molecule has 0 atom stereocenters. The normalized spacial score (nSPS) is 10.6. The molecule has 0 saturated carbocycles. The van der Waals surface area contributed by atoms with Crippen LogP contribution in [0.5, 0.6) is 11.5 Å². The van der Waals surface area contributed by atoms with E-state index in [9.17, 15) is 0 Å². The van der Waals surface area contributed by atoms with Crippen molar-refractivity contribution in [2.45, 2.75) is 33.7 Å². The first kappa shape index (κ1) is 17.2. The summed E-state index contributed by atoms with van der Waals surface area (Å²) in [5, 5.41) is 3.43. The topological polar surface area (TPSA) is 30.5 Å². The Bertz CT molecular complexity index is 596. The number of rotatable bonds is 9. The van der Waals surface area contributed by atoms with Gasteiger partial charge in [0.05, 0.1) is 13.2 Å². The van der Waals surface area contributed by atoms with E-state index < -0.39 is 0 Å². The van der Waals surface area contributed by atoms with Gasteiger partial charge < -0.3 is 14.8 Å². The summed E-state index contributed by atoms with van der Waals surface area (Å²) in [7, 11) is 0. The van der Waals surface area contributed by atoms with Crippen LogP contribution in [0.15, 0.2) is 48.5 Å². The molecule has 2 rings (SSSR count). The molecule has 124 valence electrons. The van der Waals surface area contributed by atoms with Gasteiger partial charge in [0.2, 0.25) is 0 Å². The van der Waals surface area contributed by atoms with Crippen molar-refractivity contribution in [3.8, 4) is 11.5 Å². The maximum absolute atomic E-state index is 5.78. The van der Waals surface area contributed by atoms with Gasteiger partial charge in [-0.2, -0.15) is 0 Å². The minimum atomic E-state index is 0.530.